The second-order valence-electron chi connectivity index (χ2n) is 4.11. The first-order chi connectivity index (χ1) is 8.66. The van der Waals surface area contributed by atoms with Gasteiger partial charge in [-0.1, -0.05) is 30.3 Å². The van der Waals surface area contributed by atoms with Crippen LogP contribution in [0.25, 0.3) is 0 Å². The molecule has 2 rings (SSSR count). The average molecular weight is 241 g/mol. The number of benzene rings is 1. The number of carbonyl (C=O) groups excluding carboxylic acids is 1. The van der Waals surface area contributed by atoms with E-state index in [4.69, 9.17) is 4.74 Å². The standard InChI is InChI=1S/C15H15NO2/c1-11(17)14-8-9-16-15(10-14)18-12(2)13-6-4-3-5-7-13/h3-10,12H,1-2H3. The van der Waals surface area contributed by atoms with Crippen LogP contribution in [0.1, 0.15) is 35.9 Å². The number of nitrogens with zero attached hydrogens (tertiary/aromatic N) is 1. The van der Waals surface area contributed by atoms with Crippen LogP contribution < -0.4 is 4.74 Å². The first kappa shape index (κ1) is 12.3. The lowest BCUT2D eigenvalue weighted by Gasteiger charge is -2.14. The van der Waals surface area contributed by atoms with Crippen molar-refractivity contribution in [3.05, 3.63) is 59.8 Å². The van der Waals surface area contributed by atoms with Crippen LogP contribution in [0, 0.1) is 0 Å². The monoisotopic (exact) mass is 241 g/mol. The van der Waals surface area contributed by atoms with Crippen molar-refractivity contribution in [3.63, 3.8) is 0 Å². The Labute approximate surface area is 106 Å². The van der Waals surface area contributed by atoms with Crippen molar-refractivity contribution in [1.29, 1.82) is 0 Å². The fourth-order valence-corrected chi connectivity index (χ4v) is 1.67. The molecule has 3 nitrogen and oxygen atoms in total. The summed E-state index contributed by atoms with van der Waals surface area (Å²) in [6.07, 6.45) is 1.49. The molecule has 1 atom stereocenters. The third kappa shape index (κ3) is 2.94. The first-order valence-electron chi connectivity index (χ1n) is 5.85. The van der Waals surface area contributed by atoms with Crippen molar-refractivity contribution < 1.29 is 9.53 Å². The van der Waals surface area contributed by atoms with Gasteiger partial charge in [-0.15, -0.1) is 0 Å². The summed E-state index contributed by atoms with van der Waals surface area (Å²) in [4.78, 5) is 15.4. The predicted molar refractivity (Wildman–Crippen MR) is 69.7 cm³/mol. The Bertz CT molecular complexity index is 537. The predicted octanol–water partition coefficient (Wildman–Crippen LogP) is 3.42. The molecule has 0 radical (unpaired) electrons. The fraction of sp³-hybridized carbons (Fsp3) is 0.200. The van der Waals surface area contributed by atoms with E-state index in [0.717, 1.165) is 5.56 Å². The van der Waals surface area contributed by atoms with Gasteiger partial charge in [0.05, 0.1) is 0 Å². The molecule has 0 aliphatic rings. The van der Waals surface area contributed by atoms with Gasteiger partial charge in [-0.25, -0.2) is 4.98 Å². The van der Waals surface area contributed by atoms with Crippen molar-refractivity contribution in [2.24, 2.45) is 0 Å². The number of hydrogen-bond acceptors (Lipinski definition) is 3. The molecule has 0 aliphatic heterocycles. The number of pyridine rings is 1. The number of rotatable bonds is 4. The molecule has 0 spiro atoms. The summed E-state index contributed by atoms with van der Waals surface area (Å²) in [7, 11) is 0. The number of Topliss-reactive ketones (excluding diaryl/α,β-unsaturated/α-hetero) is 1. The van der Waals surface area contributed by atoms with E-state index in [-0.39, 0.29) is 11.9 Å². The molecule has 1 heterocycles. The highest BCUT2D eigenvalue weighted by Gasteiger charge is 2.08. The van der Waals surface area contributed by atoms with Gasteiger partial charge in [0.15, 0.2) is 5.78 Å². The van der Waals surface area contributed by atoms with Gasteiger partial charge in [0.1, 0.15) is 6.10 Å². The highest BCUT2D eigenvalue weighted by molar-refractivity contribution is 5.94. The second-order valence-corrected chi connectivity index (χ2v) is 4.11. The lowest BCUT2D eigenvalue weighted by molar-refractivity contribution is 0.101. The van der Waals surface area contributed by atoms with Gasteiger partial charge < -0.3 is 4.74 Å². The minimum atomic E-state index is -0.0964. The summed E-state index contributed by atoms with van der Waals surface area (Å²) in [5.41, 5.74) is 1.69. The van der Waals surface area contributed by atoms with Crippen molar-refractivity contribution in [1.82, 2.24) is 4.98 Å². The van der Waals surface area contributed by atoms with Crippen molar-refractivity contribution in [2.45, 2.75) is 20.0 Å². The lowest BCUT2D eigenvalue weighted by Crippen LogP contribution is -2.05. The van der Waals surface area contributed by atoms with Crippen molar-refractivity contribution in [3.8, 4) is 5.88 Å². The van der Waals surface area contributed by atoms with Crippen LogP contribution in [0.2, 0.25) is 0 Å². The normalized spacial score (nSPS) is 11.9. The van der Waals surface area contributed by atoms with Crippen LogP contribution in [0.4, 0.5) is 0 Å². The van der Waals surface area contributed by atoms with Crippen LogP contribution in [0.15, 0.2) is 48.7 Å². The number of carbonyl (C=O) groups is 1. The molecule has 0 amide bonds. The third-order valence-electron chi connectivity index (χ3n) is 2.71. The van der Waals surface area contributed by atoms with Gasteiger partial charge in [0.2, 0.25) is 5.88 Å². The fourth-order valence-electron chi connectivity index (χ4n) is 1.67. The van der Waals surface area contributed by atoms with E-state index in [1.165, 1.54) is 6.92 Å². The molecule has 18 heavy (non-hydrogen) atoms. The smallest absolute Gasteiger partial charge is 0.214 e. The van der Waals surface area contributed by atoms with Gasteiger partial charge in [-0.2, -0.15) is 0 Å². The molecule has 2 aromatic rings. The minimum Gasteiger partial charge on any atom is -0.470 e. The van der Waals surface area contributed by atoms with E-state index in [1.807, 2.05) is 37.3 Å². The van der Waals surface area contributed by atoms with E-state index in [2.05, 4.69) is 4.98 Å². The summed E-state index contributed by atoms with van der Waals surface area (Å²) >= 11 is 0. The molecule has 1 aromatic heterocycles. The van der Waals surface area contributed by atoms with Crippen molar-refractivity contribution >= 4 is 5.78 Å². The lowest BCUT2D eigenvalue weighted by atomic mass is 10.1. The molecule has 0 fully saturated rings. The van der Waals surface area contributed by atoms with E-state index < -0.39 is 0 Å². The number of ether oxygens (including phenoxy) is 1. The second kappa shape index (κ2) is 5.45. The quantitative estimate of drug-likeness (QED) is 0.770. The van der Waals surface area contributed by atoms with Gasteiger partial charge in [0.25, 0.3) is 0 Å². The Morgan fingerprint density at radius 2 is 1.94 bits per heavy atom. The zero-order valence-electron chi connectivity index (χ0n) is 10.5. The molecule has 0 saturated heterocycles. The van der Waals surface area contributed by atoms with E-state index in [0.29, 0.717) is 11.4 Å². The summed E-state index contributed by atoms with van der Waals surface area (Å²) in [5, 5.41) is 0. The molecule has 0 aliphatic carbocycles. The van der Waals surface area contributed by atoms with E-state index in [9.17, 15) is 4.79 Å². The van der Waals surface area contributed by atoms with Crippen LogP contribution >= 0.6 is 0 Å². The molecule has 1 unspecified atom stereocenters. The SMILES string of the molecule is CC(=O)c1ccnc(OC(C)c2ccccc2)c1. The molecular formula is C15H15NO2. The zero-order chi connectivity index (χ0) is 13.0. The highest BCUT2D eigenvalue weighted by atomic mass is 16.5. The summed E-state index contributed by atoms with van der Waals surface area (Å²) < 4.78 is 5.73. The minimum absolute atomic E-state index is 0.00890. The van der Waals surface area contributed by atoms with Crippen LogP contribution in [-0.4, -0.2) is 10.8 Å². The molecular weight excluding hydrogens is 226 g/mol. The van der Waals surface area contributed by atoms with Crippen LogP contribution in [0.3, 0.4) is 0 Å². The van der Waals surface area contributed by atoms with Gasteiger partial charge in [-0.05, 0) is 25.5 Å². The maximum Gasteiger partial charge on any atom is 0.214 e. The van der Waals surface area contributed by atoms with Gasteiger partial charge in [0, 0.05) is 17.8 Å². The summed E-state index contributed by atoms with van der Waals surface area (Å²) in [6, 6.07) is 13.2. The van der Waals surface area contributed by atoms with Crippen LogP contribution in [0.5, 0.6) is 5.88 Å². The molecule has 1 aromatic carbocycles. The largest absolute Gasteiger partial charge is 0.470 e. The number of aromatic nitrogens is 1. The number of hydrogen-bond donors (Lipinski definition) is 0. The average Bonchev–Trinajstić information content (AvgIpc) is 2.40. The molecule has 0 bridgehead atoms. The maximum atomic E-state index is 11.3. The van der Waals surface area contributed by atoms with Gasteiger partial charge in [-0.3, -0.25) is 4.79 Å². The Morgan fingerprint density at radius 1 is 1.22 bits per heavy atom. The maximum absolute atomic E-state index is 11.3. The van der Waals surface area contributed by atoms with E-state index in [1.54, 1.807) is 18.3 Å². The molecule has 0 N–H and O–H groups in total. The Balaban J connectivity index is 2.14. The van der Waals surface area contributed by atoms with Crippen LogP contribution in [-0.2, 0) is 0 Å². The van der Waals surface area contributed by atoms with Gasteiger partial charge >= 0.3 is 0 Å². The Morgan fingerprint density at radius 3 is 2.61 bits per heavy atom. The molecule has 0 saturated carbocycles. The van der Waals surface area contributed by atoms with E-state index >= 15 is 0 Å². The third-order valence-corrected chi connectivity index (χ3v) is 2.71. The summed E-state index contributed by atoms with van der Waals surface area (Å²) in [5.74, 6) is 0.480. The van der Waals surface area contributed by atoms with Crippen molar-refractivity contribution in [2.75, 3.05) is 0 Å². The first-order valence-corrected chi connectivity index (χ1v) is 5.85. The Hall–Kier alpha value is -2.16. The highest BCUT2D eigenvalue weighted by Crippen LogP contribution is 2.20. The Kier molecular flexibility index (Phi) is 3.72. The number of ketones is 1. The summed E-state index contributed by atoms with van der Waals surface area (Å²) in [6.45, 7) is 3.48. The molecule has 3 heteroatoms. The molecule has 92 valence electrons. The topological polar surface area (TPSA) is 39.2 Å². The zero-order valence-corrected chi connectivity index (χ0v) is 10.5.